The summed E-state index contributed by atoms with van der Waals surface area (Å²) in [5.74, 6) is 0. The van der Waals surface area contributed by atoms with Crippen LogP contribution < -0.4 is 0 Å². The van der Waals surface area contributed by atoms with E-state index in [4.69, 9.17) is 4.55 Å². The van der Waals surface area contributed by atoms with Crippen LogP contribution in [0, 0.1) is 5.41 Å². The van der Waals surface area contributed by atoms with Gasteiger partial charge in [0.2, 0.25) is 0 Å². The van der Waals surface area contributed by atoms with Gasteiger partial charge in [0.15, 0.2) is 0 Å². The molecular weight excluding hydrogens is 178 g/mol. The van der Waals surface area contributed by atoms with Crippen molar-refractivity contribution >= 4 is 10.1 Å². The van der Waals surface area contributed by atoms with Gasteiger partial charge < -0.3 is 0 Å². The lowest BCUT2D eigenvalue weighted by Crippen LogP contribution is -2.41. The molecule has 0 aromatic heterocycles. The lowest BCUT2D eigenvalue weighted by atomic mass is 9.98. The van der Waals surface area contributed by atoms with Gasteiger partial charge in [0, 0.05) is 5.41 Å². The van der Waals surface area contributed by atoms with Gasteiger partial charge >= 0.3 is 15.4 Å². The molecule has 0 amide bonds. The summed E-state index contributed by atoms with van der Waals surface area (Å²) in [5.41, 5.74) is -1.79. The first-order valence-corrected chi connectivity index (χ1v) is 4.29. The minimum absolute atomic E-state index is 1.03. The Labute approximate surface area is 64.2 Å². The highest BCUT2D eigenvalue weighted by Crippen LogP contribution is 2.39. The second kappa shape index (κ2) is 2.38. The fourth-order valence-electron chi connectivity index (χ4n) is 0.387. The van der Waals surface area contributed by atoms with E-state index in [1.807, 2.05) is 0 Å². The number of alkyl halides is 2. The van der Waals surface area contributed by atoms with E-state index < -0.39 is 20.8 Å². The molecule has 68 valence electrons. The summed E-state index contributed by atoms with van der Waals surface area (Å²) in [6, 6.07) is 0. The first kappa shape index (κ1) is 10.8. The molecule has 11 heavy (non-hydrogen) atoms. The third-order valence-corrected chi connectivity index (χ3v) is 2.46. The Morgan fingerprint density at radius 3 is 1.45 bits per heavy atom. The Morgan fingerprint density at radius 1 is 1.18 bits per heavy atom. The van der Waals surface area contributed by atoms with Gasteiger partial charge in [-0.1, -0.05) is 20.8 Å². The van der Waals surface area contributed by atoms with Crippen LogP contribution in [0.15, 0.2) is 0 Å². The first-order chi connectivity index (χ1) is 4.50. The van der Waals surface area contributed by atoms with E-state index in [1.165, 1.54) is 0 Å². The van der Waals surface area contributed by atoms with E-state index in [-0.39, 0.29) is 0 Å². The lowest BCUT2D eigenvalue weighted by molar-refractivity contribution is -0.0232. The van der Waals surface area contributed by atoms with E-state index in [1.54, 1.807) is 0 Å². The Hall–Kier alpha value is -0.230. The van der Waals surface area contributed by atoms with Gasteiger partial charge in [-0.25, -0.2) is 0 Å². The molecule has 0 aliphatic heterocycles. The van der Waals surface area contributed by atoms with Crippen molar-refractivity contribution in [3.05, 3.63) is 0 Å². The van der Waals surface area contributed by atoms with E-state index in [2.05, 4.69) is 0 Å². The summed E-state index contributed by atoms with van der Waals surface area (Å²) >= 11 is 0. The van der Waals surface area contributed by atoms with Gasteiger partial charge in [0.25, 0.3) is 0 Å². The second-order valence-corrected chi connectivity index (χ2v) is 4.70. The molecule has 6 heteroatoms. The zero-order chi connectivity index (χ0) is 9.50. The van der Waals surface area contributed by atoms with Gasteiger partial charge in [-0.2, -0.15) is 17.2 Å². The molecule has 0 aromatic carbocycles. The van der Waals surface area contributed by atoms with Gasteiger partial charge in [0.05, 0.1) is 0 Å². The first-order valence-electron chi connectivity index (χ1n) is 2.85. The maximum Gasteiger partial charge on any atom is 0.374 e. The lowest BCUT2D eigenvalue weighted by Gasteiger charge is -2.26. The Morgan fingerprint density at radius 2 is 1.45 bits per heavy atom. The van der Waals surface area contributed by atoms with Crippen molar-refractivity contribution in [3.63, 3.8) is 0 Å². The van der Waals surface area contributed by atoms with Crippen molar-refractivity contribution in [3.8, 4) is 0 Å². The molecule has 0 atom stereocenters. The minimum Gasteiger partial charge on any atom is -0.281 e. The van der Waals surface area contributed by atoms with Crippen LogP contribution in [0.5, 0.6) is 0 Å². The van der Waals surface area contributed by atoms with E-state index in [0.29, 0.717) is 0 Å². The maximum absolute atomic E-state index is 12.6. The van der Waals surface area contributed by atoms with Gasteiger partial charge in [-0.3, -0.25) is 4.55 Å². The molecule has 0 aromatic rings. The monoisotopic (exact) mass is 188 g/mol. The Kier molecular flexibility index (Phi) is 2.33. The normalized spacial score (nSPS) is 15.1. The van der Waals surface area contributed by atoms with E-state index >= 15 is 0 Å². The predicted molar refractivity (Wildman–Crippen MR) is 36.0 cm³/mol. The van der Waals surface area contributed by atoms with Gasteiger partial charge in [0.1, 0.15) is 0 Å². The van der Waals surface area contributed by atoms with Crippen LogP contribution in [0.3, 0.4) is 0 Å². The Bertz CT molecular complexity index is 237. The molecule has 0 aliphatic rings. The van der Waals surface area contributed by atoms with Crippen LogP contribution in [0.4, 0.5) is 8.78 Å². The molecule has 0 radical (unpaired) electrons. The third-order valence-electron chi connectivity index (χ3n) is 1.20. The van der Waals surface area contributed by atoms with Crippen LogP contribution in [0.1, 0.15) is 20.8 Å². The predicted octanol–water partition coefficient (Wildman–Crippen LogP) is 1.51. The third kappa shape index (κ3) is 1.87. The maximum atomic E-state index is 12.6. The van der Waals surface area contributed by atoms with Crippen LogP contribution in [-0.4, -0.2) is 18.2 Å². The highest BCUT2D eigenvalue weighted by molar-refractivity contribution is 7.86. The minimum atomic E-state index is -5.29. The quantitative estimate of drug-likeness (QED) is 0.634. The average molecular weight is 188 g/mol. The molecule has 0 fully saturated rings. The van der Waals surface area contributed by atoms with Crippen LogP contribution in [-0.2, 0) is 10.1 Å². The zero-order valence-corrected chi connectivity index (χ0v) is 7.24. The SMILES string of the molecule is CC(C)(C)C(F)(F)S(=O)(=O)O. The molecule has 0 spiro atoms. The van der Waals surface area contributed by atoms with E-state index in [9.17, 15) is 17.2 Å². The highest BCUT2D eigenvalue weighted by Gasteiger charge is 2.54. The van der Waals surface area contributed by atoms with Crippen molar-refractivity contribution in [2.45, 2.75) is 26.0 Å². The van der Waals surface area contributed by atoms with Crippen molar-refractivity contribution in [1.82, 2.24) is 0 Å². The molecule has 0 heterocycles. The second-order valence-electron chi connectivity index (χ2n) is 3.24. The molecule has 3 nitrogen and oxygen atoms in total. The van der Waals surface area contributed by atoms with E-state index in [0.717, 1.165) is 20.8 Å². The van der Waals surface area contributed by atoms with Gasteiger partial charge in [-0.15, -0.1) is 0 Å². The van der Waals surface area contributed by atoms with Crippen molar-refractivity contribution in [2.75, 3.05) is 0 Å². The van der Waals surface area contributed by atoms with Crippen molar-refractivity contribution in [2.24, 2.45) is 5.41 Å². The summed E-state index contributed by atoms with van der Waals surface area (Å²) in [6.45, 7) is 3.09. The topological polar surface area (TPSA) is 54.4 Å². The van der Waals surface area contributed by atoms with Crippen LogP contribution in [0.2, 0.25) is 0 Å². The molecular formula is C5H10F2O3S. The molecule has 0 unspecified atom stereocenters. The van der Waals surface area contributed by atoms with Crippen molar-refractivity contribution in [1.29, 1.82) is 0 Å². The average Bonchev–Trinajstić information content (AvgIpc) is 1.58. The zero-order valence-electron chi connectivity index (χ0n) is 6.43. The Balaban J connectivity index is 5.08. The largest absolute Gasteiger partial charge is 0.374 e. The standard InChI is InChI=1S/C5H10F2O3S/c1-4(2,3)5(6,7)11(8,9)10/h1-3H3,(H,8,9,10). The number of hydrogen-bond donors (Lipinski definition) is 1. The molecule has 0 rings (SSSR count). The molecule has 0 saturated heterocycles. The summed E-state index contributed by atoms with van der Waals surface area (Å²) < 4.78 is 53.5. The fourth-order valence-corrected chi connectivity index (χ4v) is 1.16. The summed E-state index contributed by atoms with van der Waals surface area (Å²) in [5, 5.41) is -4.10. The number of rotatable bonds is 1. The van der Waals surface area contributed by atoms with Crippen molar-refractivity contribution < 1.29 is 21.8 Å². The summed E-state index contributed by atoms with van der Waals surface area (Å²) in [7, 11) is -5.29. The summed E-state index contributed by atoms with van der Waals surface area (Å²) in [4.78, 5) is 0. The fraction of sp³-hybridized carbons (Fsp3) is 1.00. The smallest absolute Gasteiger partial charge is 0.281 e. The molecule has 0 saturated carbocycles. The van der Waals surface area contributed by atoms with Crippen LogP contribution >= 0.6 is 0 Å². The molecule has 1 N–H and O–H groups in total. The van der Waals surface area contributed by atoms with Crippen LogP contribution in [0.25, 0.3) is 0 Å². The molecule has 0 aliphatic carbocycles. The number of halogens is 2. The highest BCUT2D eigenvalue weighted by atomic mass is 32.2. The number of hydrogen-bond acceptors (Lipinski definition) is 2. The summed E-state index contributed by atoms with van der Waals surface area (Å²) in [6.07, 6.45) is 0. The molecule has 0 bridgehead atoms. The van der Waals surface area contributed by atoms with Gasteiger partial charge in [-0.05, 0) is 0 Å².